The average Bonchev–Trinajstić information content (AvgIpc) is 2.47. The van der Waals surface area contributed by atoms with Crippen molar-refractivity contribution in [1.82, 2.24) is 4.98 Å². The summed E-state index contributed by atoms with van der Waals surface area (Å²) < 4.78 is 4.68. The number of methoxy groups -OCH3 is 1. The lowest BCUT2D eigenvalue weighted by Crippen LogP contribution is -2.03. The number of ether oxygens (including phenoxy) is 1. The summed E-state index contributed by atoms with van der Waals surface area (Å²) in [6.45, 7) is 0.0381. The highest BCUT2D eigenvalue weighted by molar-refractivity contribution is 5.89. The summed E-state index contributed by atoms with van der Waals surface area (Å²) in [6.07, 6.45) is 2.24. The van der Waals surface area contributed by atoms with Crippen molar-refractivity contribution in [3.05, 3.63) is 65.0 Å². The first-order valence-corrected chi connectivity index (χ1v) is 5.95. The Bertz CT molecular complexity index is 564. The van der Waals surface area contributed by atoms with Crippen LogP contribution in [0.3, 0.4) is 0 Å². The van der Waals surface area contributed by atoms with Gasteiger partial charge >= 0.3 is 5.97 Å². The van der Waals surface area contributed by atoms with Gasteiger partial charge in [-0.1, -0.05) is 24.3 Å². The Balaban J connectivity index is 2.16. The molecule has 0 radical (unpaired) electrons. The second-order valence-corrected chi connectivity index (χ2v) is 4.18. The van der Waals surface area contributed by atoms with Crippen molar-refractivity contribution in [3.8, 4) is 0 Å². The SMILES string of the molecule is COC(=O)c1ccnc(Cc2ccc(CO)cc2)c1. The number of esters is 1. The third kappa shape index (κ3) is 3.39. The maximum absolute atomic E-state index is 11.4. The minimum atomic E-state index is -0.362. The fraction of sp³-hybridized carbons (Fsp3) is 0.200. The molecule has 0 atom stereocenters. The zero-order valence-corrected chi connectivity index (χ0v) is 10.7. The van der Waals surface area contributed by atoms with Gasteiger partial charge in [-0.05, 0) is 23.3 Å². The summed E-state index contributed by atoms with van der Waals surface area (Å²) in [5.74, 6) is -0.362. The predicted molar refractivity (Wildman–Crippen MR) is 70.7 cm³/mol. The summed E-state index contributed by atoms with van der Waals surface area (Å²) in [5, 5.41) is 8.98. The molecule has 0 saturated heterocycles. The number of rotatable bonds is 4. The molecule has 2 rings (SSSR count). The first-order chi connectivity index (χ1) is 9.22. The molecule has 1 aromatic heterocycles. The van der Waals surface area contributed by atoms with Gasteiger partial charge < -0.3 is 9.84 Å². The van der Waals surface area contributed by atoms with E-state index in [9.17, 15) is 4.79 Å². The Morgan fingerprint density at radius 1 is 1.21 bits per heavy atom. The van der Waals surface area contributed by atoms with Crippen LogP contribution < -0.4 is 0 Å². The topological polar surface area (TPSA) is 59.4 Å². The Kier molecular flexibility index (Phi) is 4.26. The largest absolute Gasteiger partial charge is 0.465 e. The number of hydrogen-bond acceptors (Lipinski definition) is 4. The number of benzene rings is 1. The number of aliphatic hydroxyl groups is 1. The maximum atomic E-state index is 11.4. The van der Waals surface area contributed by atoms with Gasteiger partial charge in [0.15, 0.2) is 0 Å². The molecule has 98 valence electrons. The van der Waals surface area contributed by atoms with E-state index in [0.717, 1.165) is 16.8 Å². The summed E-state index contributed by atoms with van der Waals surface area (Å²) in [5.41, 5.74) is 3.26. The third-order valence-electron chi connectivity index (χ3n) is 2.83. The normalized spacial score (nSPS) is 10.2. The van der Waals surface area contributed by atoms with Crippen LogP contribution in [0.25, 0.3) is 0 Å². The molecule has 0 amide bonds. The molecule has 1 aromatic carbocycles. The van der Waals surface area contributed by atoms with Gasteiger partial charge in [-0.15, -0.1) is 0 Å². The monoisotopic (exact) mass is 257 g/mol. The molecular formula is C15H15NO3. The second-order valence-electron chi connectivity index (χ2n) is 4.18. The van der Waals surface area contributed by atoms with E-state index >= 15 is 0 Å². The van der Waals surface area contributed by atoms with Crippen LogP contribution in [0.4, 0.5) is 0 Å². The second kappa shape index (κ2) is 6.11. The minimum Gasteiger partial charge on any atom is -0.465 e. The lowest BCUT2D eigenvalue weighted by Gasteiger charge is -2.04. The van der Waals surface area contributed by atoms with Crippen LogP contribution in [0.1, 0.15) is 27.2 Å². The number of hydrogen-bond donors (Lipinski definition) is 1. The molecule has 0 bridgehead atoms. The van der Waals surface area contributed by atoms with Crippen molar-refractivity contribution in [2.75, 3.05) is 7.11 Å². The minimum absolute atomic E-state index is 0.0381. The number of carbonyl (C=O) groups excluding carboxylic acids is 1. The summed E-state index contributed by atoms with van der Waals surface area (Å²) in [7, 11) is 1.36. The molecule has 4 heteroatoms. The van der Waals surface area contributed by atoms with E-state index in [1.807, 2.05) is 24.3 Å². The summed E-state index contributed by atoms with van der Waals surface area (Å²) in [4.78, 5) is 15.7. The molecule has 0 saturated carbocycles. The van der Waals surface area contributed by atoms with Crippen molar-refractivity contribution in [2.24, 2.45) is 0 Å². The van der Waals surface area contributed by atoms with Crippen LogP contribution in [0.5, 0.6) is 0 Å². The summed E-state index contributed by atoms with van der Waals surface area (Å²) in [6, 6.07) is 11.0. The number of aliphatic hydroxyl groups excluding tert-OH is 1. The molecule has 2 aromatic rings. The van der Waals surface area contributed by atoms with E-state index in [2.05, 4.69) is 9.72 Å². The first kappa shape index (κ1) is 13.2. The van der Waals surface area contributed by atoms with Gasteiger partial charge in [-0.2, -0.15) is 0 Å². The van der Waals surface area contributed by atoms with Crippen LogP contribution in [-0.4, -0.2) is 23.2 Å². The first-order valence-electron chi connectivity index (χ1n) is 5.95. The lowest BCUT2D eigenvalue weighted by atomic mass is 10.1. The maximum Gasteiger partial charge on any atom is 0.337 e. The highest BCUT2D eigenvalue weighted by Crippen LogP contribution is 2.11. The van der Waals surface area contributed by atoms with E-state index < -0.39 is 0 Å². The van der Waals surface area contributed by atoms with Crippen molar-refractivity contribution in [3.63, 3.8) is 0 Å². The molecule has 0 fully saturated rings. The standard InChI is InChI=1S/C15H15NO3/c1-19-15(18)13-6-7-16-14(9-13)8-11-2-4-12(10-17)5-3-11/h2-7,9,17H,8,10H2,1H3. The molecule has 0 spiro atoms. The lowest BCUT2D eigenvalue weighted by molar-refractivity contribution is 0.0600. The van der Waals surface area contributed by atoms with Crippen molar-refractivity contribution >= 4 is 5.97 Å². The molecule has 0 aliphatic carbocycles. The number of nitrogens with zero attached hydrogens (tertiary/aromatic N) is 1. The zero-order chi connectivity index (χ0) is 13.7. The quantitative estimate of drug-likeness (QED) is 0.850. The van der Waals surface area contributed by atoms with Crippen LogP contribution >= 0.6 is 0 Å². The molecule has 4 nitrogen and oxygen atoms in total. The fourth-order valence-corrected chi connectivity index (χ4v) is 1.79. The molecule has 0 aliphatic heterocycles. The smallest absolute Gasteiger partial charge is 0.337 e. The van der Waals surface area contributed by atoms with E-state index in [1.165, 1.54) is 7.11 Å². The van der Waals surface area contributed by atoms with Gasteiger partial charge in [-0.3, -0.25) is 4.98 Å². The Hall–Kier alpha value is -2.20. The summed E-state index contributed by atoms with van der Waals surface area (Å²) >= 11 is 0. The molecule has 0 aliphatic rings. The van der Waals surface area contributed by atoms with Crippen LogP contribution in [0, 0.1) is 0 Å². The van der Waals surface area contributed by atoms with Crippen LogP contribution in [0.2, 0.25) is 0 Å². The van der Waals surface area contributed by atoms with E-state index in [4.69, 9.17) is 5.11 Å². The van der Waals surface area contributed by atoms with E-state index in [1.54, 1.807) is 18.3 Å². The van der Waals surface area contributed by atoms with Crippen LogP contribution in [0.15, 0.2) is 42.6 Å². The Morgan fingerprint density at radius 2 is 1.89 bits per heavy atom. The van der Waals surface area contributed by atoms with Crippen molar-refractivity contribution < 1.29 is 14.6 Å². The molecular weight excluding hydrogens is 242 g/mol. The van der Waals surface area contributed by atoms with Crippen molar-refractivity contribution in [1.29, 1.82) is 0 Å². The molecule has 1 heterocycles. The molecule has 0 unspecified atom stereocenters. The predicted octanol–water partition coefficient (Wildman–Crippen LogP) is 1.95. The Labute approximate surface area is 111 Å². The average molecular weight is 257 g/mol. The van der Waals surface area contributed by atoms with E-state index in [-0.39, 0.29) is 12.6 Å². The number of pyridine rings is 1. The van der Waals surface area contributed by atoms with E-state index in [0.29, 0.717) is 12.0 Å². The third-order valence-corrected chi connectivity index (χ3v) is 2.83. The highest BCUT2D eigenvalue weighted by atomic mass is 16.5. The van der Waals surface area contributed by atoms with Gasteiger partial charge in [0.2, 0.25) is 0 Å². The van der Waals surface area contributed by atoms with Gasteiger partial charge in [0, 0.05) is 18.3 Å². The number of aromatic nitrogens is 1. The van der Waals surface area contributed by atoms with Gasteiger partial charge in [-0.25, -0.2) is 4.79 Å². The van der Waals surface area contributed by atoms with Gasteiger partial charge in [0.25, 0.3) is 0 Å². The van der Waals surface area contributed by atoms with Crippen LogP contribution in [-0.2, 0) is 17.8 Å². The molecule has 19 heavy (non-hydrogen) atoms. The van der Waals surface area contributed by atoms with Gasteiger partial charge in [0.1, 0.15) is 0 Å². The zero-order valence-electron chi connectivity index (χ0n) is 10.7. The van der Waals surface area contributed by atoms with Gasteiger partial charge in [0.05, 0.1) is 19.3 Å². The number of carbonyl (C=O) groups is 1. The van der Waals surface area contributed by atoms with Crippen molar-refractivity contribution in [2.45, 2.75) is 13.0 Å². The fourth-order valence-electron chi connectivity index (χ4n) is 1.79. The highest BCUT2D eigenvalue weighted by Gasteiger charge is 2.06. The Morgan fingerprint density at radius 3 is 2.53 bits per heavy atom. The molecule has 1 N–H and O–H groups in total.